The van der Waals surface area contributed by atoms with Gasteiger partial charge < -0.3 is 20.7 Å². The van der Waals surface area contributed by atoms with Crippen LogP contribution in [0.25, 0.3) is 0 Å². The molecular weight excluding hydrogens is 258 g/mol. The van der Waals surface area contributed by atoms with Crippen LogP contribution in [0.3, 0.4) is 0 Å². The van der Waals surface area contributed by atoms with Crippen LogP contribution in [0.4, 0.5) is 16.2 Å². The van der Waals surface area contributed by atoms with E-state index in [0.29, 0.717) is 24.6 Å². The first-order valence-corrected chi connectivity index (χ1v) is 6.66. The van der Waals surface area contributed by atoms with E-state index in [2.05, 4.69) is 16.0 Å². The normalized spacial score (nSPS) is 15.4. The van der Waals surface area contributed by atoms with Crippen molar-refractivity contribution < 1.29 is 14.3 Å². The Labute approximate surface area is 117 Å². The highest BCUT2D eigenvalue weighted by molar-refractivity contribution is 5.94. The molecule has 0 radical (unpaired) electrons. The van der Waals surface area contributed by atoms with E-state index in [4.69, 9.17) is 4.74 Å². The molecule has 108 valence electrons. The number of hydrogen-bond donors (Lipinski definition) is 3. The Morgan fingerprint density at radius 1 is 1.15 bits per heavy atom. The molecule has 0 saturated carbocycles. The van der Waals surface area contributed by atoms with Crippen molar-refractivity contribution in [3.05, 3.63) is 24.3 Å². The first-order valence-electron chi connectivity index (χ1n) is 6.66. The minimum atomic E-state index is -0.294. The van der Waals surface area contributed by atoms with Crippen LogP contribution >= 0.6 is 0 Å². The number of ether oxygens (including phenoxy) is 1. The Balaban J connectivity index is 1.96. The average molecular weight is 277 g/mol. The zero-order chi connectivity index (χ0) is 14.4. The molecule has 0 aromatic heterocycles. The van der Waals surface area contributed by atoms with Crippen molar-refractivity contribution in [1.82, 2.24) is 5.32 Å². The topological polar surface area (TPSA) is 79.5 Å². The van der Waals surface area contributed by atoms with E-state index in [1.165, 1.54) is 0 Å². The van der Waals surface area contributed by atoms with Gasteiger partial charge in [0.15, 0.2) is 0 Å². The minimum absolute atomic E-state index is 0.000643. The lowest BCUT2D eigenvalue weighted by atomic mass is 9.99. The van der Waals surface area contributed by atoms with Gasteiger partial charge in [0.05, 0.1) is 0 Å². The molecule has 20 heavy (non-hydrogen) atoms. The molecule has 0 bridgehead atoms. The van der Waals surface area contributed by atoms with E-state index in [9.17, 15) is 9.59 Å². The number of rotatable bonds is 3. The summed E-state index contributed by atoms with van der Waals surface area (Å²) in [5.41, 5.74) is 1.31. The fourth-order valence-corrected chi connectivity index (χ4v) is 2.07. The standard InChI is InChI=1S/C14H19N3O3/c1-15-14(19)17-12-4-2-3-11(9-12)16-13(18)10-5-7-20-8-6-10/h2-4,9-10H,5-8H2,1H3,(H,16,18)(H2,15,17,19). The van der Waals surface area contributed by atoms with Crippen LogP contribution in [0.2, 0.25) is 0 Å². The van der Waals surface area contributed by atoms with Crippen LogP contribution in [-0.2, 0) is 9.53 Å². The molecule has 3 amide bonds. The van der Waals surface area contributed by atoms with Crippen LogP contribution < -0.4 is 16.0 Å². The summed E-state index contributed by atoms with van der Waals surface area (Å²) >= 11 is 0. The van der Waals surface area contributed by atoms with E-state index < -0.39 is 0 Å². The Bertz CT molecular complexity index is 484. The van der Waals surface area contributed by atoms with Gasteiger partial charge in [0.25, 0.3) is 0 Å². The number of amides is 3. The number of nitrogens with one attached hydrogen (secondary N) is 3. The molecule has 1 aliphatic heterocycles. The zero-order valence-corrected chi connectivity index (χ0v) is 11.4. The molecule has 0 unspecified atom stereocenters. The highest BCUT2D eigenvalue weighted by atomic mass is 16.5. The maximum Gasteiger partial charge on any atom is 0.318 e. The van der Waals surface area contributed by atoms with Gasteiger partial charge >= 0.3 is 6.03 Å². The van der Waals surface area contributed by atoms with Crippen LogP contribution in [0.15, 0.2) is 24.3 Å². The van der Waals surface area contributed by atoms with E-state index in [1.807, 2.05) is 0 Å². The van der Waals surface area contributed by atoms with Crippen LogP contribution in [-0.4, -0.2) is 32.2 Å². The number of carbonyl (C=O) groups excluding carboxylic acids is 2. The van der Waals surface area contributed by atoms with Crippen molar-refractivity contribution in [2.75, 3.05) is 30.9 Å². The quantitative estimate of drug-likeness (QED) is 0.788. The molecule has 1 fully saturated rings. The molecule has 0 spiro atoms. The van der Waals surface area contributed by atoms with Crippen LogP contribution in [0.1, 0.15) is 12.8 Å². The second-order valence-corrected chi connectivity index (χ2v) is 4.66. The van der Waals surface area contributed by atoms with E-state index in [0.717, 1.165) is 12.8 Å². The second-order valence-electron chi connectivity index (χ2n) is 4.66. The third-order valence-corrected chi connectivity index (χ3v) is 3.21. The molecule has 1 aromatic carbocycles. The zero-order valence-electron chi connectivity index (χ0n) is 11.4. The third-order valence-electron chi connectivity index (χ3n) is 3.21. The van der Waals surface area contributed by atoms with Crippen molar-refractivity contribution >= 4 is 23.3 Å². The monoisotopic (exact) mass is 277 g/mol. The molecule has 6 heteroatoms. The fourth-order valence-electron chi connectivity index (χ4n) is 2.07. The smallest absolute Gasteiger partial charge is 0.318 e. The maximum atomic E-state index is 12.1. The predicted molar refractivity (Wildman–Crippen MR) is 76.7 cm³/mol. The number of carbonyl (C=O) groups is 2. The van der Waals surface area contributed by atoms with Crippen LogP contribution in [0.5, 0.6) is 0 Å². The van der Waals surface area contributed by atoms with Gasteiger partial charge in [0.1, 0.15) is 0 Å². The first-order chi connectivity index (χ1) is 9.69. The Kier molecular flexibility index (Phi) is 4.95. The van der Waals surface area contributed by atoms with Gasteiger partial charge in [-0.25, -0.2) is 4.79 Å². The number of hydrogen-bond acceptors (Lipinski definition) is 3. The molecule has 1 saturated heterocycles. The molecule has 1 aliphatic rings. The predicted octanol–water partition coefficient (Wildman–Crippen LogP) is 1.80. The molecule has 0 aliphatic carbocycles. The highest BCUT2D eigenvalue weighted by Gasteiger charge is 2.21. The van der Waals surface area contributed by atoms with Gasteiger partial charge in [0, 0.05) is 37.6 Å². The minimum Gasteiger partial charge on any atom is -0.381 e. The summed E-state index contributed by atoms with van der Waals surface area (Å²) in [7, 11) is 1.55. The first kappa shape index (κ1) is 14.3. The highest BCUT2D eigenvalue weighted by Crippen LogP contribution is 2.19. The van der Waals surface area contributed by atoms with Gasteiger partial charge in [-0.1, -0.05) is 6.07 Å². The number of anilines is 2. The Morgan fingerprint density at radius 2 is 1.80 bits per heavy atom. The van der Waals surface area contributed by atoms with Crippen molar-refractivity contribution in [3.63, 3.8) is 0 Å². The summed E-state index contributed by atoms with van der Waals surface area (Å²) in [4.78, 5) is 23.3. The molecule has 1 aromatic rings. The Morgan fingerprint density at radius 3 is 2.45 bits per heavy atom. The molecule has 6 nitrogen and oxygen atoms in total. The number of benzene rings is 1. The summed E-state index contributed by atoms with van der Waals surface area (Å²) in [6.07, 6.45) is 1.50. The summed E-state index contributed by atoms with van der Waals surface area (Å²) < 4.78 is 5.24. The molecule has 2 rings (SSSR count). The van der Waals surface area contributed by atoms with Gasteiger partial charge in [0.2, 0.25) is 5.91 Å². The molecule has 1 heterocycles. The maximum absolute atomic E-state index is 12.1. The van der Waals surface area contributed by atoms with E-state index in [-0.39, 0.29) is 17.9 Å². The lowest BCUT2D eigenvalue weighted by molar-refractivity contribution is -0.122. The molecule has 0 atom stereocenters. The van der Waals surface area contributed by atoms with Gasteiger partial charge in [-0.3, -0.25) is 4.79 Å². The van der Waals surface area contributed by atoms with Crippen molar-refractivity contribution in [2.45, 2.75) is 12.8 Å². The van der Waals surface area contributed by atoms with Crippen molar-refractivity contribution in [1.29, 1.82) is 0 Å². The van der Waals surface area contributed by atoms with Crippen molar-refractivity contribution in [2.24, 2.45) is 5.92 Å². The summed E-state index contributed by atoms with van der Waals surface area (Å²) in [6, 6.07) is 6.78. The lowest BCUT2D eigenvalue weighted by Gasteiger charge is -2.21. The lowest BCUT2D eigenvalue weighted by Crippen LogP contribution is -2.28. The van der Waals surface area contributed by atoms with Gasteiger partial charge in [-0.05, 0) is 31.0 Å². The fraction of sp³-hybridized carbons (Fsp3) is 0.429. The molecule has 3 N–H and O–H groups in total. The van der Waals surface area contributed by atoms with Gasteiger partial charge in [-0.2, -0.15) is 0 Å². The molecular formula is C14H19N3O3. The van der Waals surface area contributed by atoms with E-state index >= 15 is 0 Å². The summed E-state index contributed by atoms with van der Waals surface area (Å²) in [6.45, 7) is 1.27. The Hall–Kier alpha value is -2.08. The summed E-state index contributed by atoms with van der Waals surface area (Å²) in [5, 5.41) is 8.01. The van der Waals surface area contributed by atoms with E-state index in [1.54, 1.807) is 31.3 Å². The van der Waals surface area contributed by atoms with Gasteiger partial charge in [-0.15, -0.1) is 0 Å². The summed E-state index contributed by atoms with van der Waals surface area (Å²) in [5.74, 6) is 0.00435. The SMILES string of the molecule is CNC(=O)Nc1cccc(NC(=O)C2CCOCC2)c1. The third kappa shape index (κ3) is 3.96. The average Bonchev–Trinajstić information content (AvgIpc) is 2.48. The second kappa shape index (κ2) is 6.91. The van der Waals surface area contributed by atoms with Crippen molar-refractivity contribution in [3.8, 4) is 0 Å². The number of urea groups is 1. The van der Waals surface area contributed by atoms with Crippen LogP contribution in [0, 0.1) is 5.92 Å². The largest absolute Gasteiger partial charge is 0.381 e.